The molecule has 122 valence electrons. The van der Waals surface area contributed by atoms with Gasteiger partial charge in [-0.05, 0) is 32.1 Å². The van der Waals surface area contributed by atoms with Gasteiger partial charge >= 0.3 is 0 Å². The molecule has 2 atom stereocenters. The average Bonchev–Trinajstić information content (AvgIpc) is 2.86. The summed E-state index contributed by atoms with van der Waals surface area (Å²) in [5.41, 5.74) is 7.74. The van der Waals surface area contributed by atoms with Crippen molar-refractivity contribution in [3.63, 3.8) is 0 Å². The van der Waals surface area contributed by atoms with Gasteiger partial charge in [0, 0.05) is 11.3 Å². The fourth-order valence-electron chi connectivity index (χ4n) is 2.38. The highest BCUT2D eigenvalue weighted by molar-refractivity contribution is 8.16. The van der Waals surface area contributed by atoms with Crippen LogP contribution in [0.1, 0.15) is 13.8 Å². The Kier molecular flexibility index (Phi) is 4.47. The highest BCUT2D eigenvalue weighted by Crippen LogP contribution is 2.49. The molecule has 0 saturated heterocycles. The van der Waals surface area contributed by atoms with Gasteiger partial charge in [0.15, 0.2) is 17.0 Å². The van der Waals surface area contributed by atoms with E-state index in [2.05, 4.69) is 15.6 Å². The van der Waals surface area contributed by atoms with Crippen molar-refractivity contribution in [1.29, 1.82) is 0 Å². The number of aliphatic imine (C=N–C) groups is 1. The van der Waals surface area contributed by atoms with Crippen molar-refractivity contribution in [3.05, 3.63) is 52.0 Å². The predicted molar refractivity (Wildman–Crippen MR) is 95.7 cm³/mol. The van der Waals surface area contributed by atoms with Crippen molar-refractivity contribution >= 4 is 34.5 Å². The van der Waals surface area contributed by atoms with Crippen LogP contribution < -0.4 is 16.4 Å². The topological polar surface area (TPSA) is 88.7 Å². The van der Waals surface area contributed by atoms with Gasteiger partial charge in [0.25, 0.3) is 0 Å². The van der Waals surface area contributed by atoms with Crippen LogP contribution in [0.15, 0.2) is 57.0 Å². The smallest absolute Gasteiger partial charge is 0.196 e. The summed E-state index contributed by atoms with van der Waals surface area (Å²) in [7, 11) is 0. The Hall–Kier alpha value is -1.77. The van der Waals surface area contributed by atoms with Crippen LogP contribution in [-0.2, 0) is 15.3 Å². The lowest BCUT2D eigenvalue weighted by Gasteiger charge is -2.29. The van der Waals surface area contributed by atoms with E-state index in [0.717, 1.165) is 17.1 Å². The molecule has 6 nitrogen and oxygen atoms in total. The highest BCUT2D eigenvalue weighted by Gasteiger charge is 2.42. The van der Waals surface area contributed by atoms with Crippen LogP contribution in [0.5, 0.6) is 0 Å². The molecular formula is C15H18N4O2S2. The van der Waals surface area contributed by atoms with E-state index in [9.17, 15) is 4.21 Å². The first-order valence-corrected chi connectivity index (χ1v) is 9.06. The lowest BCUT2D eigenvalue weighted by atomic mass is 10.1. The third kappa shape index (κ3) is 3.29. The van der Waals surface area contributed by atoms with Gasteiger partial charge < -0.3 is 16.4 Å². The lowest BCUT2D eigenvalue weighted by molar-refractivity contribution is 0.376. The van der Waals surface area contributed by atoms with Crippen LogP contribution in [0.3, 0.4) is 0 Å². The Morgan fingerprint density at radius 3 is 2.87 bits per heavy atom. The number of hydrogen-bond donors (Lipinski definition) is 3. The van der Waals surface area contributed by atoms with Gasteiger partial charge in [-0.15, -0.1) is 0 Å². The maximum atomic E-state index is 12.1. The Balaban J connectivity index is 1.96. The maximum absolute atomic E-state index is 12.1. The Bertz CT molecular complexity index is 730. The van der Waals surface area contributed by atoms with Crippen molar-refractivity contribution in [3.8, 4) is 0 Å². The first kappa shape index (κ1) is 16.1. The Morgan fingerprint density at radius 2 is 2.17 bits per heavy atom. The van der Waals surface area contributed by atoms with Gasteiger partial charge in [0.1, 0.15) is 14.9 Å². The third-order valence-electron chi connectivity index (χ3n) is 3.35. The summed E-state index contributed by atoms with van der Waals surface area (Å²) in [5.74, 6) is 1.06. The van der Waals surface area contributed by atoms with Crippen molar-refractivity contribution in [1.82, 2.24) is 5.32 Å². The van der Waals surface area contributed by atoms with E-state index in [-0.39, 0.29) is 0 Å². The van der Waals surface area contributed by atoms with Crippen LogP contribution >= 0.6 is 11.8 Å². The molecule has 0 fully saturated rings. The SMILES string of the molecule is CCOS(=O)C1=CC2=C(Nc3ccccc3)NC(N)=NC2(C)S1. The summed E-state index contributed by atoms with van der Waals surface area (Å²) in [6.07, 6.45) is 1.85. The number of guanidine groups is 1. The number of nitrogens with two attached hydrogens (primary N) is 1. The summed E-state index contributed by atoms with van der Waals surface area (Å²) in [6, 6.07) is 9.76. The molecule has 2 aliphatic rings. The second kappa shape index (κ2) is 6.38. The molecule has 1 aromatic rings. The van der Waals surface area contributed by atoms with Gasteiger partial charge in [-0.1, -0.05) is 30.0 Å². The fourth-order valence-corrected chi connectivity index (χ4v) is 4.82. The molecule has 0 aromatic heterocycles. The van der Waals surface area contributed by atoms with Crippen LogP contribution in [-0.4, -0.2) is 21.6 Å². The molecule has 2 unspecified atom stereocenters. The molecule has 8 heteroatoms. The van der Waals surface area contributed by atoms with Crippen molar-refractivity contribution < 1.29 is 8.39 Å². The van der Waals surface area contributed by atoms with Crippen LogP contribution in [0, 0.1) is 0 Å². The van der Waals surface area contributed by atoms with E-state index in [1.165, 1.54) is 11.8 Å². The standard InChI is InChI=1S/C15H18N4O2S2/c1-3-21-23(20)12-9-11-13(17-10-7-5-4-6-8-10)18-14(16)19-15(11,2)22-12/h4-9,17H,3H2,1-2H3,(H3,16,18,19). The number of nitrogens with zero attached hydrogens (tertiary/aromatic N) is 1. The maximum Gasteiger partial charge on any atom is 0.196 e. The van der Waals surface area contributed by atoms with E-state index >= 15 is 0 Å². The molecule has 4 N–H and O–H groups in total. The first-order valence-electron chi connectivity index (χ1n) is 7.17. The van der Waals surface area contributed by atoms with Gasteiger partial charge in [-0.3, -0.25) is 4.18 Å². The fraction of sp³-hybridized carbons (Fsp3) is 0.267. The number of fused-ring (bicyclic) bond motifs is 1. The van der Waals surface area contributed by atoms with Gasteiger partial charge in [-0.2, -0.15) is 0 Å². The molecule has 0 bridgehead atoms. The minimum Gasteiger partial charge on any atom is -0.370 e. The Morgan fingerprint density at radius 1 is 1.43 bits per heavy atom. The Labute approximate surface area is 141 Å². The molecule has 23 heavy (non-hydrogen) atoms. The zero-order valence-electron chi connectivity index (χ0n) is 12.8. The second-order valence-corrected chi connectivity index (χ2v) is 7.93. The van der Waals surface area contributed by atoms with Crippen molar-refractivity contribution in [2.45, 2.75) is 18.7 Å². The van der Waals surface area contributed by atoms with Crippen LogP contribution in [0.2, 0.25) is 0 Å². The average molecular weight is 350 g/mol. The van der Waals surface area contributed by atoms with E-state index in [1.807, 2.05) is 50.3 Å². The summed E-state index contributed by atoms with van der Waals surface area (Å²) in [5, 5.41) is 6.36. The summed E-state index contributed by atoms with van der Waals surface area (Å²) in [4.78, 5) is 3.85. The largest absolute Gasteiger partial charge is 0.370 e. The third-order valence-corrected chi connectivity index (χ3v) is 5.93. The number of hydrogen-bond acceptors (Lipinski definition) is 7. The summed E-state index contributed by atoms with van der Waals surface area (Å²) >= 11 is -0.0929. The monoisotopic (exact) mass is 350 g/mol. The minimum atomic E-state index is -1.49. The zero-order valence-corrected chi connectivity index (χ0v) is 14.5. The molecular weight excluding hydrogens is 332 g/mol. The lowest BCUT2D eigenvalue weighted by Crippen LogP contribution is -2.42. The molecule has 2 heterocycles. The van der Waals surface area contributed by atoms with Crippen LogP contribution in [0.25, 0.3) is 0 Å². The number of para-hydroxylation sites is 1. The molecule has 0 spiro atoms. The van der Waals surface area contributed by atoms with E-state index in [4.69, 9.17) is 9.92 Å². The minimum absolute atomic E-state index is 0.319. The quantitative estimate of drug-likeness (QED) is 0.755. The second-order valence-electron chi connectivity index (χ2n) is 5.09. The number of nitrogens with one attached hydrogen (secondary N) is 2. The number of rotatable bonds is 5. The molecule has 0 amide bonds. The highest BCUT2D eigenvalue weighted by atomic mass is 32.2. The number of benzene rings is 1. The molecule has 2 aliphatic heterocycles. The predicted octanol–water partition coefficient (Wildman–Crippen LogP) is 2.23. The summed E-state index contributed by atoms with van der Waals surface area (Å²) in [6.45, 7) is 4.14. The zero-order chi connectivity index (χ0) is 16.4. The van der Waals surface area contributed by atoms with Crippen molar-refractivity contribution in [2.24, 2.45) is 10.7 Å². The van der Waals surface area contributed by atoms with E-state index < -0.39 is 16.0 Å². The van der Waals surface area contributed by atoms with Gasteiger partial charge in [-0.25, -0.2) is 9.20 Å². The molecule has 3 rings (SSSR count). The van der Waals surface area contributed by atoms with Crippen LogP contribution in [0.4, 0.5) is 5.69 Å². The molecule has 0 saturated carbocycles. The number of thioether (sulfide) groups is 1. The van der Waals surface area contributed by atoms with E-state index in [0.29, 0.717) is 16.8 Å². The molecule has 0 aliphatic carbocycles. The molecule has 1 aromatic carbocycles. The normalized spacial score (nSPS) is 24.4. The molecule has 0 radical (unpaired) electrons. The first-order chi connectivity index (χ1) is 11.0. The van der Waals surface area contributed by atoms with E-state index in [1.54, 1.807) is 0 Å². The number of anilines is 1. The van der Waals surface area contributed by atoms with Crippen molar-refractivity contribution in [2.75, 3.05) is 11.9 Å². The van der Waals surface area contributed by atoms with Gasteiger partial charge in [0.2, 0.25) is 0 Å². The van der Waals surface area contributed by atoms with Gasteiger partial charge in [0.05, 0.1) is 6.61 Å². The summed E-state index contributed by atoms with van der Waals surface area (Å²) < 4.78 is 18.0.